The number of carbonyl (C=O) groups is 1. The molecule has 1 aromatic rings. The molecule has 3 nitrogen and oxygen atoms in total. The van der Waals surface area contributed by atoms with Gasteiger partial charge in [0.15, 0.2) is 0 Å². The van der Waals surface area contributed by atoms with Crippen LogP contribution in [0, 0.1) is 0 Å². The lowest BCUT2D eigenvalue weighted by Crippen LogP contribution is -2.29. The quantitative estimate of drug-likeness (QED) is 0.878. The van der Waals surface area contributed by atoms with Gasteiger partial charge in [-0.25, -0.2) is 0 Å². The van der Waals surface area contributed by atoms with E-state index in [2.05, 4.69) is 16.7 Å². The van der Waals surface area contributed by atoms with Gasteiger partial charge in [0, 0.05) is 29.6 Å². The van der Waals surface area contributed by atoms with Crippen LogP contribution in [0.3, 0.4) is 0 Å². The summed E-state index contributed by atoms with van der Waals surface area (Å²) in [7, 11) is 0. The molecule has 0 aliphatic carbocycles. The second kappa shape index (κ2) is 5.22. The third-order valence-corrected chi connectivity index (χ3v) is 4.99. The SMILES string of the molecule is O=C(NCC1CCCS1)c1ccc2c(c1)NCC2. The zero-order chi connectivity index (χ0) is 12.4. The van der Waals surface area contributed by atoms with Crippen molar-refractivity contribution in [3.63, 3.8) is 0 Å². The zero-order valence-electron chi connectivity index (χ0n) is 10.4. The molecule has 3 rings (SSSR count). The minimum atomic E-state index is 0.0546. The summed E-state index contributed by atoms with van der Waals surface area (Å²) in [6.45, 7) is 1.78. The van der Waals surface area contributed by atoms with E-state index in [0.29, 0.717) is 5.25 Å². The molecule has 1 fully saturated rings. The van der Waals surface area contributed by atoms with Gasteiger partial charge in [0.1, 0.15) is 0 Å². The number of amides is 1. The van der Waals surface area contributed by atoms with Crippen LogP contribution >= 0.6 is 11.8 Å². The largest absolute Gasteiger partial charge is 0.384 e. The first-order valence-corrected chi connectivity index (χ1v) is 7.64. The van der Waals surface area contributed by atoms with Crippen molar-refractivity contribution in [2.24, 2.45) is 0 Å². The van der Waals surface area contributed by atoms with Crippen LogP contribution < -0.4 is 10.6 Å². The standard InChI is InChI=1S/C14H18N2OS/c17-14(16-9-12-2-1-7-18-12)11-4-3-10-5-6-15-13(10)8-11/h3-4,8,12,15H,1-2,5-7,9H2,(H,16,17). The Balaban J connectivity index is 1.61. The minimum Gasteiger partial charge on any atom is -0.384 e. The fourth-order valence-electron chi connectivity index (χ4n) is 2.55. The maximum Gasteiger partial charge on any atom is 0.251 e. The third-order valence-electron chi connectivity index (χ3n) is 3.60. The van der Waals surface area contributed by atoms with Gasteiger partial charge in [-0.2, -0.15) is 11.8 Å². The molecule has 2 aliphatic rings. The van der Waals surface area contributed by atoms with Crippen molar-refractivity contribution >= 4 is 23.4 Å². The lowest BCUT2D eigenvalue weighted by Gasteiger charge is -2.11. The predicted molar refractivity (Wildman–Crippen MR) is 76.4 cm³/mol. The van der Waals surface area contributed by atoms with Crippen LogP contribution in [-0.2, 0) is 6.42 Å². The molecule has 2 N–H and O–H groups in total. The van der Waals surface area contributed by atoms with Crippen molar-refractivity contribution < 1.29 is 4.79 Å². The number of fused-ring (bicyclic) bond motifs is 1. The Morgan fingerprint density at radius 1 is 1.50 bits per heavy atom. The Labute approximate surface area is 112 Å². The minimum absolute atomic E-state index is 0.0546. The number of nitrogens with one attached hydrogen (secondary N) is 2. The van der Waals surface area contributed by atoms with Gasteiger partial charge in [0.25, 0.3) is 5.91 Å². The molecule has 4 heteroatoms. The van der Waals surface area contributed by atoms with E-state index < -0.39 is 0 Å². The molecule has 0 aromatic heterocycles. The van der Waals surface area contributed by atoms with E-state index in [0.717, 1.165) is 30.8 Å². The maximum atomic E-state index is 12.1. The first-order chi connectivity index (χ1) is 8.83. The van der Waals surface area contributed by atoms with E-state index in [4.69, 9.17) is 0 Å². The van der Waals surface area contributed by atoms with E-state index in [9.17, 15) is 4.79 Å². The molecule has 1 saturated heterocycles. The van der Waals surface area contributed by atoms with Gasteiger partial charge in [-0.3, -0.25) is 4.79 Å². The number of thioether (sulfide) groups is 1. The first kappa shape index (κ1) is 11.9. The van der Waals surface area contributed by atoms with Crippen LogP contribution in [0.2, 0.25) is 0 Å². The topological polar surface area (TPSA) is 41.1 Å². The van der Waals surface area contributed by atoms with Crippen molar-refractivity contribution in [2.75, 3.05) is 24.2 Å². The normalized spacial score (nSPS) is 21.4. The number of benzene rings is 1. The van der Waals surface area contributed by atoms with Crippen LogP contribution in [-0.4, -0.2) is 30.0 Å². The molecule has 1 aromatic carbocycles. The molecule has 0 radical (unpaired) electrons. The van der Waals surface area contributed by atoms with Crippen molar-refractivity contribution in [2.45, 2.75) is 24.5 Å². The lowest BCUT2D eigenvalue weighted by molar-refractivity contribution is 0.0953. The van der Waals surface area contributed by atoms with E-state index in [1.807, 2.05) is 23.9 Å². The highest BCUT2D eigenvalue weighted by Crippen LogP contribution is 2.26. The smallest absolute Gasteiger partial charge is 0.251 e. The fourth-order valence-corrected chi connectivity index (χ4v) is 3.75. The molecule has 2 heterocycles. The Morgan fingerprint density at radius 2 is 2.44 bits per heavy atom. The van der Waals surface area contributed by atoms with E-state index >= 15 is 0 Å². The lowest BCUT2D eigenvalue weighted by atomic mass is 10.1. The number of rotatable bonds is 3. The van der Waals surface area contributed by atoms with Crippen molar-refractivity contribution in [1.29, 1.82) is 0 Å². The predicted octanol–water partition coefficient (Wildman–Crippen LogP) is 2.28. The molecule has 1 unspecified atom stereocenters. The van der Waals surface area contributed by atoms with Gasteiger partial charge in [0.05, 0.1) is 0 Å². The summed E-state index contributed by atoms with van der Waals surface area (Å²) in [6.07, 6.45) is 3.58. The number of hydrogen-bond acceptors (Lipinski definition) is 3. The van der Waals surface area contributed by atoms with Crippen LogP contribution in [0.15, 0.2) is 18.2 Å². The maximum absolute atomic E-state index is 12.1. The van der Waals surface area contributed by atoms with Crippen molar-refractivity contribution in [1.82, 2.24) is 5.32 Å². The summed E-state index contributed by atoms with van der Waals surface area (Å²) in [5.74, 6) is 1.29. The average molecular weight is 262 g/mol. The number of hydrogen-bond donors (Lipinski definition) is 2. The fraction of sp³-hybridized carbons (Fsp3) is 0.500. The second-order valence-corrected chi connectivity index (χ2v) is 6.30. The molecule has 0 bridgehead atoms. The molecular formula is C14H18N2OS. The van der Waals surface area contributed by atoms with Gasteiger partial charge in [-0.15, -0.1) is 0 Å². The summed E-state index contributed by atoms with van der Waals surface area (Å²) in [6, 6.07) is 5.97. The Bertz CT molecular complexity index is 455. The molecule has 96 valence electrons. The van der Waals surface area contributed by atoms with Gasteiger partial charge in [0.2, 0.25) is 0 Å². The highest BCUT2D eigenvalue weighted by Gasteiger charge is 2.17. The molecule has 0 spiro atoms. The monoisotopic (exact) mass is 262 g/mol. The summed E-state index contributed by atoms with van der Waals surface area (Å²) in [4.78, 5) is 12.1. The van der Waals surface area contributed by atoms with E-state index in [1.54, 1.807) is 0 Å². The van der Waals surface area contributed by atoms with Crippen molar-refractivity contribution in [3.05, 3.63) is 29.3 Å². The van der Waals surface area contributed by atoms with Crippen LogP contribution in [0.25, 0.3) is 0 Å². The van der Waals surface area contributed by atoms with E-state index in [-0.39, 0.29) is 5.91 Å². The van der Waals surface area contributed by atoms with Crippen LogP contribution in [0.5, 0.6) is 0 Å². The van der Waals surface area contributed by atoms with Crippen molar-refractivity contribution in [3.8, 4) is 0 Å². The number of carbonyl (C=O) groups excluding carboxylic acids is 1. The Hall–Kier alpha value is -1.16. The molecule has 2 aliphatic heterocycles. The van der Waals surface area contributed by atoms with Gasteiger partial charge in [-0.1, -0.05) is 6.07 Å². The molecule has 18 heavy (non-hydrogen) atoms. The third kappa shape index (κ3) is 2.48. The Kier molecular flexibility index (Phi) is 3.46. The zero-order valence-corrected chi connectivity index (χ0v) is 11.2. The second-order valence-electron chi connectivity index (χ2n) is 4.89. The van der Waals surface area contributed by atoms with Gasteiger partial charge >= 0.3 is 0 Å². The number of anilines is 1. The average Bonchev–Trinajstić information content (AvgIpc) is 3.05. The summed E-state index contributed by atoms with van der Waals surface area (Å²) in [5.41, 5.74) is 3.21. The Morgan fingerprint density at radius 3 is 3.28 bits per heavy atom. The molecular weight excluding hydrogens is 244 g/mol. The van der Waals surface area contributed by atoms with E-state index in [1.165, 1.54) is 24.2 Å². The molecule has 1 amide bonds. The molecule has 0 saturated carbocycles. The highest BCUT2D eigenvalue weighted by molar-refractivity contribution is 8.00. The van der Waals surface area contributed by atoms with Gasteiger partial charge < -0.3 is 10.6 Å². The van der Waals surface area contributed by atoms with Crippen LogP contribution in [0.4, 0.5) is 5.69 Å². The van der Waals surface area contributed by atoms with Crippen LogP contribution in [0.1, 0.15) is 28.8 Å². The summed E-state index contributed by atoms with van der Waals surface area (Å²) >= 11 is 1.97. The highest BCUT2D eigenvalue weighted by atomic mass is 32.2. The summed E-state index contributed by atoms with van der Waals surface area (Å²) in [5, 5.41) is 6.97. The van der Waals surface area contributed by atoms with Gasteiger partial charge in [-0.05, 0) is 42.7 Å². The summed E-state index contributed by atoms with van der Waals surface area (Å²) < 4.78 is 0. The first-order valence-electron chi connectivity index (χ1n) is 6.59. The molecule has 1 atom stereocenters.